The first-order valence-corrected chi connectivity index (χ1v) is 9.99. The van der Waals surface area contributed by atoms with Crippen molar-refractivity contribution in [1.29, 1.82) is 0 Å². The zero-order valence-electron chi connectivity index (χ0n) is 16.9. The Balaban J connectivity index is 0.00000261. The van der Waals surface area contributed by atoms with Gasteiger partial charge < -0.3 is 20.6 Å². The van der Waals surface area contributed by atoms with E-state index >= 15 is 0 Å². The maximum Gasteiger partial charge on any atom is 3.00 e. The summed E-state index contributed by atoms with van der Waals surface area (Å²) in [6, 6.07) is 24.2. The van der Waals surface area contributed by atoms with Crippen molar-refractivity contribution >= 4 is 10.0 Å². The number of sulfonamides is 1. The Hall–Kier alpha value is -1.85. The Morgan fingerprint density at radius 2 is 1.21 bits per heavy atom. The minimum absolute atomic E-state index is 0. The van der Waals surface area contributed by atoms with Crippen molar-refractivity contribution in [2.75, 3.05) is 0 Å². The molecule has 29 heavy (non-hydrogen) atoms. The molecule has 3 N–H and O–H groups in total. The Bertz CT molecular complexity index is 947. The number of hydrogen-bond acceptors (Lipinski definition) is 2. The molecule has 0 aromatic heterocycles. The van der Waals surface area contributed by atoms with Crippen molar-refractivity contribution in [3.8, 4) is 0 Å². The van der Waals surface area contributed by atoms with Crippen LogP contribution in [0.25, 0.3) is 5.73 Å². The van der Waals surface area contributed by atoms with E-state index in [1.165, 1.54) is 4.72 Å². The first-order valence-electron chi connectivity index (χ1n) is 8.45. The number of rotatable bonds is 6. The van der Waals surface area contributed by atoms with E-state index in [0.717, 1.165) is 16.7 Å². The second-order valence-corrected chi connectivity index (χ2v) is 8.15. The van der Waals surface area contributed by atoms with Gasteiger partial charge in [-0.2, -0.15) is 8.42 Å². The van der Waals surface area contributed by atoms with E-state index < -0.39 is 22.1 Å². The number of primary sulfonamides is 1. The van der Waals surface area contributed by atoms with E-state index in [9.17, 15) is 8.42 Å². The van der Waals surface area contributed by atoms with Crippen LogP contribution in [0.3, 0.4) is 0 Å². The molecule has 4 nitrogen and oxygen atoms in total. The molecule has 2 atom stereocenters. The molecule has 0 bridgehead atoms. The maximum absolute atomic E-state index is 12.9. The Morgan fingerprint density at radius 1 is 0.759 bits per heavy atom. The molecule has 3 aromatic rings. The monoisotopic (exact) mass is 498 g/mol. The summed E-state index contributed by atoms with van der Waals surface area (Å²) in [7, 11) is -3.62. The molecular formula is C23H28N2O2RuS+. The molecule has 0 amide bonds. The molecule has 0 fully saturated rings. The molecule has 0 aliphatic heterocycles. The number of hydrogen-bond donors (Lipinski definition) is 1. The average molecular weight is 498 g/mol. The minimum atomic E-state index is -3.62. The molecule has 155 valence electrons. The van der Waals surface area contributed by atoms with Crippen molar-refractivity contribution in [3.05, 3.63) is 122 Å². The van der Waals surface area contributed by atoms with Gasteiger partial charge >= 0.3 is 29.5 Å². The summed E-state index contributed by atoms with van der Waals surface area (Å²) in [6.07, 6.45) is 0. The second kappa shape index (κ2) is 12.0. The van der Waals surface area contributed by atoms with Crippen LogP contribution >= 0.6 is 0 Å². The van der Waals surface area contributed by atoms with Gasteiger partial charge in [0.25, 0.3) is 0 Å². The van der Waals surface area contributed by atoms with Crippen LogP contribution < -0.4 is 4.72 Å². The molecule has 6 heteroatoms. The van der Waals surface area contributed by atoms with Crippen molar-refractivity contribution in [2.45, 2.75) is 23.9 Å². The quantitative estimate of drug-likeness (QED) is 0.397. The van der Waals surface area contributed by atoms with Crippen LogP contribution in [0, 0.1) is 21.8 Å². The normalized spacial score (nSPS) is 12.5. The predicted octanol–water partition coefficient (Wildman–Crippen LogP) is 4.68. The fraction of sp³-hybridized carbons (Fsp3) is 0.130. The number of nitrogens with two attached hydrogens (primary N) is 1. The van der Waals surface area contributed by atoms with Crippen molar-refractivity contribution in [3.63, 3.8) is 0 Å². The van der Waals surface area contributed by atoms with E-state index in [1.807, 2.05) is 67.6 Å². The summed E-state index contributed by atoms with van der Waals surface area (Å²) in [5.74, 6) is 0. The molecule has 0 heterocycles. The molecular weight excluding hydrogens is 469 g/mol. The molecule has 0 saturated carbocycles. The van der Waals surface area contributed by atoms with Crippen LogP contribution in [-0.2, 0) is 29.5 Å². The molecule has 0 aliphatic carbocycles. The topological polar surface area (TPSA) is 74.5 Å². The van der Waals surface area contributed by atoms with Crippen molar-refractivity contribution < 1.29 is 32.6 Å². The van der Waals surface area contributed by atoms with E-state index in [2.05, 4.69) is 0 Å². The van der Waals surface area contributed by atoms with E-state index in [0.29, 0.717) is 0 Å². The van der Waals surface area contributed by atoms with Gasteiger partial charge in [0.05, 0.1) is 0 Å². The average Bonchev–Trinajstić information content (AvgIpc) is 2.67. The number of quaternary nitrogens is 1. The van der Waals surface area contributed by atoms with Crippen LogP contribution in [0.5, 0.6) is 0 Å². The van der Waals surface area contributed by atoms with Gasteiger partial charge in [-0.1, -0.05) is 90.0 Å². The van der Waals surface area contributed by atoms with Gasteiger partial charge in [-0.15, -0.1) is 0 Å². The van der Waals surface area contributed by atoms with E-state index in [4.69, 9.17) is 5.73 Å². The zero-order valence-corrected chi connectivity index (χ0v) is 19.4. The predicted molar refractivity (Wildman–Crippen MR) is 116 cm³/mol. The van der Waals surface area contributed by atoms with Crippen molar-refractivity contribution in [2.24, 2.45) is 0 Å². The largest absolute Gasteiger partial charge is 3.00 e. The van der Waals surface area contributed by atoms with Gasteiger partial charge in [0, 0.05) is 5.56 Å². The zero-order chi connectivity index (χ0) is 18.6. The van der Waals surface area contributed by atoms with Gasteiger partial charge in [-0.25, -0.2) is 4.72 Å². The fourth-order valence-corrected chi connectivity index (χ4v) is 4.26. The van der Waals surface area contributed by atoms with Gasteiger partial charge in [0.2, 0.25) is 0 Å². The van der Waals surface area contributed by atoms with Crippen LogP contribution in [0.4, 0.5) is 0 Å². The number of nitrogens with one attached hydrogen (secondary N) is 1. The molecule has 3 rings (SSSR count). The number of benzene rings is 3. The maximum atomic E-state index is 12.9. The third-order valence-corrected chi connectivity index (χ3v) is 5.96. The summed E-state index contributed by atoms with van der Waals surface area (Å²) in [5, 5.41) is 0. The van der Waals surface area contributed by atoms with Gasteiger partial charge in [-0.05, 0) is 19.1 Å². The van der Waals surface area contributed by atoms with Crippen LogP contribution in [0.15, 0.2) is 89.8 Å². The fourth-order valence-electron chi connectivity index (χ4n) is 2.89. The summed E-state index contributed by atoms with van der Waals surface area (Å²) in [6.45, 7) is 1.92. The van der Waals surface area contributed by atoms with Gasteiger partial charge in [0.1, 0.15) is 10.9 Å². The van der Waals surface area contributed by atoms with Gasteiger partial charge in [0.15, 0.2) is 0 Å². The van der Waals surface area contributed by atoms with Crippen molar-refractivity contribution in [1.82, 2.24) is 0 Å². The molecule has 0 aliphatic rings. The second-order valence-electron chi connectivity index (χ2n) is 6.32. The van der Waals surface area contributed by atoms with Crippen LogP contribution in [-0.4, -0.2) is 8.42 Å². The Morgan fingerprint density at radius 3 is 1.69 bits per heavy atom. The molecule has 0 spiro atoms. The SMILES string of the molecule is Cc1ccc(S(=O)(=O)[NH2+][C@@H](c2ccccc2)[C@@H]([NH-])c2ccccc2)cc1.[CH3-].[CH3-].[Ru+3]. The Labute approximate surface area is 188 Å². The Kier molecular flexibility index (Phi) is 11.2. The first-order chi connectivity index (χ1) is 12.5. The van der Waals surface area contributed by atoms with Crippen LogP contribution in [0.1, 0.15) is 28.8 Å². The smallest absolute Gasteiger partial charge is 0.666 e. The van der Waals surface area contributed by atoms with E-state index in [1.54, 1.807) is 24.3 Å². The minimum Gasteiger partial charge on any atom is -0.666 e. The molecule has 0 unspecified atom stereocenters. The molecule has 1 radical (unpaired) electrons. The standard InChI is InChI=1S/C21H21N2O2S.2CH3.Ru/c1-16-12-14-19(15-13-16)26(24,25)23-21(18-10-6-3-7-11-18)20(22)17-8-4-2-5-9-17;;;/h2-15,20-23H,1H3;2*1H3;/q3*-1;+3/p+1/t20-,21-;;;/m0.../s1. The summed E-state index contributed by atoms with van der Waals surface area (Å²) in [4.78, 5) is 0.254. The summed E-state index contributed by atoms with van der Waals surface area (Å²) in [5.41, 5.74) is 11.3. The summed E-state index contributed by atoms with van der Waals surface area (Å²) >= 11 is 0. The molecule has 3 aromatic carbocycles. The van der Waals surface area contributed by atoms with Crippen LogP contribution in [0.2, 0.25) is 0 Å². The molecule has 0 saturated heterocycles. The number of aryl methyl sites for hydroxylation is 1. The third kappa shape index (κ3) is 6.86. The third-order valence-electron chi connectivity index (χ3n) is 4.38. The summed E-state index contributed by atoms with van der Waals surface area (Å²) < 4.78 is 27.2. The van der Waals surface area contributed by atoms with Gasteiger partial charge in [-0.3, -0.25) is 0 Å². The van der Waals surface area contributed by atoms with E-state index in [-0.39, 0.29) is 39.2 Å². The first kappa shape index (κ1) is 27.2.